The van der Waals surface area contributed by atoms with Crippen LogP contribution in [0.5, 0.6) is 0 Å². The minimum atomic E-state index is -4.47. The molecule has 1 atom stereocenters. The molecule has 2 aromatic carbocycles. The van der Waals surface area contributed by atoms with Gasteiger partial charge in [0.1, 0.15) is 5.82 Å². The van der Waals surface area contributed by atoms with Crippen molar-refractivity contribution in [3.63, 3.8) is 0 Å². The second-order valence-corrected chi connectivity index (χ2v) is 7.57. The van der Waals surface area contributed by atoms with E-state index in [4.69, 9.17) is 11.6 Å². The van der Waals surface area contributed by atoms with E-state index in [0.29, 0.717) is 34.3 Å². The Kier molecular flexibility index (Phi) is 5.35. The molecular formula is C22H18ClF3N4O. The standard InChI is InChI=1S/C22H18ClF3N4O/c1-3-29-12-27-18-20(29)28-19(30(21(18)31)17-9-7-16(23)8-10-17)13(2)14-5-4-6-15(11-14)22(24,25)26/h4-13H,3H2,1-2H3. The van der Waals surface area contributed by atoms with E-state index in [2.05, 4.69) is 9.97 Å². The quantitative estimate of drug-likeness (QED) is 0.420. The van der Waals surface area contributed by atoms with Crippen molar-refractivity contribution in [2.45, 2.75) is 32.5 Å². The topological polar surface area (TPSA) is 52.7 Å². The molecule has 0 spiro atoms. The number of imidazole rings is 1. The predicted octanol–water partition coefficient (Wildman–Crippen LogP) is 5.43. The van der Waals surface area contributed by atoms with Crippen LogP contribution in [0.15, 0.2) is 59.7 Å². The molecule has 0 radical (unpaired) electrons. The van der Waals surface area contributed by atoms with E-state index in [0.717, 1.165) is 12.1 Å². The lowest BCUT2D eigenvalue weighted by atomic mass is 9.97. The molecule has 0 N–H and O–H groups in total. The number of hydrogen-bond donors (Lipinski definition) is 0. The first-order valence-corrected chi connectivity index (χ1v) is 9.99. The van der Waals surface area contributed by atoms with Gasteiger partial charge in [0.05, 0.1) is 17.6 Å². The summed E-state index contributed by atoms with van der Waals surface area (Å²) in [6, 6.07) is 11.7. The van der Waals surface area contributed by atoms with Gasteiger partial charge in [0.25, 0.3) is 5.56 Å². The minimum absolute atomic E-state index is 0.191. The summed E-state index contributed by atoms with van der Waals surface area (Å²) in [5.41, 5.74) is 0.337. The summed E-state index contributed by atoms with van der Waals surface area (Å²) < 4.78 is 42.9. The molecule has 0 saturated heterocycles. The number of alkyl halides is 3. The molecule has 4 rings (SSSR count). The van der Waals surface area contributed by atoms with Crippen LogP contribution in [0.2, 0.25) is 5.02 Å². The highest BCUT2D eigenvalue weighted by molar-refractivity contribution is 6.30. The van der Waals surface area contributed by atoms with Crippen molar-refractivity contribution in [1.82, 2.24) is 19.1 Å². The molecule has 1 unspecified atom stereocenters. The lowest BCUT2D eigenvalue weighted by Crippen LogP contribution is -2.26. The SMILES string of the molecule is CCn1cnc2c(=O)n(-c3ccc(Cl)cc3)c(C(C)c3cccc(C(F)(F)F)c3)nc21. The van der Waals surface area contributed by atoms with E-state index < -0.39 is 23.2 Å². The highest BCUT2D eigenvalue weighted by Gasteiger charge is 2.31. The fraction of sp³-hybridized carbons (Fsp3) is 0.227. The number of fused-ring (bicyclic) bond motifs is 1. The molecule has 160 valence electrons. The van der Waals surface area contributed by atoms with Crippen LogP contribution >= 0.6 is 11.6 Å². The average Bonchev–Trinajstić information content (AvgIpc) is 3.17. The Morgan fingerprint density at radius 2 is 1.84 bits per heavy atom. The van der Waals surface area contributed by atoms with Crippen molar-refractivity contribution in [3.8, 4) is 5.69 Å². The molecule has 2 heterocycles. The fourth-order valence-corrected chi connectivity index (χ4v) is 3.63. The summed E-state index contributed by atoms with van der Waals surface area (Å²) in [7, 11) is 0. The minimum Gasteiger partial charge on any atom is -0.315 e. The summed E-state index contributed by atoms with van der Waals surface area (Å²) in [5.74, 6) is -0.287. The van der Waals surface area contributed by atoms with Crippen LogP contribution in [-0.2, 0) is 12.7 Å². The summed E-state index contributed by atoms with van der Waals surface area (Å²) in [4.78, 5) is 22.2. The van der Waals surface area contributed by atoms with Crippen molar-refractivity contribution >= 4 is 22.8 Å². The van der Waals surface area contributed by atoms with Gasteiger partial charge < -0.3 is 4.57 Å². The molecule has 0 saturated carbocycles. The van der Waals surface area contributed by atoms with E-state index in [9.17, 15) is 18.0 Å². The van der Waals surface area contributed by atoms with Crippen LogP contribution in [0.4, 0.5) is 13.2 Å². The average molecular weight is 447 g/mol. The Hall–Kier alpha value is -3.13. The largest absolute Gasteiger partial charge is 0.416 e. The van der Waals surface area contributed by atoms with Gasteiger partial charge in [-0.25, -0.2) is 9.97 Å². The maximum Gasteiger partial charge on any atom is 0.416 e. The first-order valence-electron chi connectivity index (χ1n) is 9.61. The highest BCUT2D eigenvalue weighted by Crippen LogP contribution is 2.33. The number of halogens is 4. The van der Waals surface area contributed by atoms with Gasteiger partial charge in [-0.3, -0.25) is 9.36 Å². The van der Waals surface area contributed by atoms with Crippen LogP contribution in [0, 0.1) is 0 Å². The van der Waals surface area contributed by atoms with Crippen molar-refractivity contribution in [3.05, 3.63) is 87.2 Å². The normalized spacial score (nSPS) is 13.0. The molecule has 0 bridgehead atoms. The lowest BCUT2D eigenvalue weighted by molar-refractivity contribution is -0.137. The van der Waals surface area contributed by atoms with Crippen LogP contribution in [0.25, 0.3) is 16.9 Å². The van der Waals surface area contributed by atoms with Crippen LogP contribution in [-0.4, -0.2) is 19.1 Å². The number of rotatable bonds is 4. The van der Waals surface area contributed by atoms with E-state index in [1.54, 1.807) is 41.8 Å². The van der Waals surface area contributed by atoms with Crippen molar-refractivity contribution in [2.75, 3.05) is 0 Å². The highest BCUT2D eigenvalue weighted by atomic mass is 35.5. The number of aromatic nitrogens is 4. The molecule has 5 nitrogen and oxygen atoms in total. The van der Waals surface area contributed by atoms with Crippen molar-refractivity contribution in [2.24, 2.45) is 0 Å². The zero-order valence-corrected chi connectivity index (χ0v) is 17.4. The third-order valence-electron chi connectivity index (χ3n) is 5.19. The van der Waals surface area contributed by atoms with Gasteiger partial charge in [-0.05, 0) is 42.8 Å². The maximum atomic E-state index is 13.4. The van der Waals surface area contributed by atoms with Gasteiger partial charge in [-0.2, -0.15) is 13.2 Å². The monoisotopic (exact) mass is 446 g/mol. The van der Waals surface area contributed by atoms with E-state index in [-0.39, 0.29) is 5.52 Å². The Morgan fingerprint density at radius 3 is 2.48 bits per heavy atom. The van der Waals surface area contributed by atoms with Gasteiger partial charge >= 0.3 is 6.18 Å². The number of hydrogen-bond acceptors (Lipinski definition) is 3. The second kappa shape index (κ2) is 7.85. The Morgan fingerprint density at radius 1 is 1.13 bits per heavy atom. The van der Waals surface area contributed by atoms with E-state index in [1.807, 2.05) is 6.92 Å². The van der Waals surface area contributed by atoms with Crippen molar-refractivity contribution < 1.29 is 13.2 Å². The Bertz CT molecular complexity index is 1310. The van der Waals surface area contributed by atoms with Crippen LogP contribution in [0.3, 0.4) is 0 Å². The summed E-state index contributed by atoms with van der Waals surface area (Å²) in [6.45, 7) is 4.16. The molecule has 4 aromatic rings. The Balaban J connectivity index is 1.98. The summed E-state index contributed by atoms with van der Waals surface area (Å²) in [5, 5.41) is 0.494. The number of aryl methyl sites for hydroxylation is 1. The first kappa shape index (κ1) is 21.1. The lowest BCUT2D eigenvalue weighted by Gasteiger charge is -2.19. The van der Waals surface area contributed by atoms with Crippen LogP contribution < -0.4 is 5.56 Å². The zero-order valence-electron chi connectivity index (χ0n) is 16.7. The zero-order chi connectivity index (χ0) is 22.3. The van der Waals surface area contributed by atoms with Gasteiger partial charge in [-0.15, -0.1) is 0 Å². The number of benzene rings is 2. The molecule has 0 fully saturated rings. The molecule has 9 heteroatoms. The third-order valence-corrected chi connectivity index (χ3v) is 5.44. The predicted molar refractivity (Wildman–Crippen MR) is 113 cm³/mol. The molecule has 0 aliphatic carbocycles. The molecule has 31 heavy (non-hydrogen) atoms. The molecule has 0 amide bonds. The van der Waals surface area contributed by atoms with Gasteiger partial charge in [0.15, 0.2) is 11.2 Å². The number of nitrogens with zero attached hydrogens (tertiary/aromatic N) is 4. The smallest absolute Gasteiger partial charge is 0.315 e. The second-order valence-electron chi connectivity index (χ2n) is 7.13. The fourth-order valence-electron chi connectivity index (χ4n) is 3.51. The summed E-state index contributed by atoms with van der Waals surface area (Å²) in [6.07, 6.45) is -2.94. The van der Waals surface area contributed by atoms with Crippen LogP contribution in [0.1, 0.15) is 36.7 Å². The molecule has 0 aliphatic heterocycles. The van der Waals surface area contributed by atoms with E-state index in [1.165, 1.54) is 17.0 Å². The molecular weight excluding hydrogens is 429 g/mol. The van der Waals surface area contributed by atoms with Crippen molar-refractivity contribution in [1.29, 1.82) is 0 Å². The molecule has 2 aromatic heterocycles. The van der Waals surface area contributed by atoms with E-state index >= 15 is 0 Å². The van der Waals surface area contributed by atoms with Gasteiger partial charge in [0.2, 0.25) is 0 Å². The van der Waals surface area contributed by atoms with Gasteiger partial charge in [0, 0.05) is 17.5 Å². The summed E-state index contributed by atoms with van der Waals surface area (Å²) >= 11 is 5.99. The third kappa shape index (κ3) is 3.83. The Labute approximate surface area is 180 Å². The first-order chi connectivity index (χ1) is 14.7. The van der Waals surface area contributed by atoms with Gasteiger partial charge in [-0.1, -0.05) is 36.7 Å². The maximum absolute atomic E-state index is 13.4. The molecule has 0 aliphatic rings.